The largest absolute Gasteiger partial charge is 0.457 e. The van der Waals surface area contributed by atoms with Gasteiger partial charge in [0.15, 0.2) is 0 Å². The number of rotatable bonds is 23. The van der Waals surface area contributed by atoms with E-state index in [0.717, 1.165) is 30.4 Å². The number of aromatic nitrogens is 1. The van der Waals surface area contributed by atoms with Crippen molar-refractivity contribution in [3.63, 3.8) is 0 Å². The molecule has 0 spiro atoms. The Labute approximate surface area is 277 Å². The molecule has 12 heteroatoms. The van der Waals surface area contributed by atoms with Gasteiger partial charge < -0.3 is 31.2 Å². The second-order valence-electron chi connectivity index (χ2n) is 11.7. The summed E-state index contributed by atoms with van der Waals surface area (Å²) in [5.74, 6) is -1.44. The van der Waals surface area contributed by atoms with Gasteiger partial charge in [0.05, 0.1) is 6.42 Å². The number of carbonyl (C=O) groups is 5. The van der Waals surface area contributed by atoms with Crippen LogP contribution in [0.25, 0.3) is 0 Å². The molecule has 0 fully saturated rings. The third-order valence-corrected chi connectivity index (χ3v) is 7.73. The molecular formula is C35H51N5O7. The number of pyridine rings is 1. The van der Waals surface area contributed by atoms with Crippen LogP contribution in [0.15, 0.2) is 48.8 Å². The van der Waals surface area contributed by atoms with E-state index in [4.69, 9.17) is 15.2 Å². The molecule has 0 saturated heterocycles. The average Bonchev–Trinajstić information content (AvgIpc) is 3.05. The van der Waals surface area contributed by atoms with Crippen LogP contribution < -0.4 is 26.4 Å². The first kappa shape index (κ1) is 38.7. The lowest BCUT2D eigenvalue weighted by molar-refractivity contribution is -0.149. The Bertz CT molecular complexity index is 1260. The van der Waals surface area contributed by atoms with Gasteiger partial charge in [-0.3, -0.25) is 29.0 Å². The van der Waals surface area contributed by atoms with E-state index in [9.17, 15) is 24.0 Å². The number of esters is 1. The Morgan fingerprint density at radius 1 is 0.872 bits per heavy atom. The molecule has 2 aromatic rings. The highest BCUT2D eigenvalue weighted by atomic mass is 16.7. The number of nitrogens with two attached hydrogens (primary N) is 1. The zero-order valence-electron chi connectivity index (χ0n) is 27.9. The maximum atomic E-state index is 13.6. The standard InChI is InChI=1S/C35H51N5O7/c1-4-6-8-14-31(42)39-29(34(44)40-33(25(3)5-2)35(45)38-20-10-7-9-13-30(36)41)21-26-15-17-28(18-16-26)46-24-47-32(43)22-27-12-11-19-37-23-27/h11-12,15-19,23,25,29,33H,4-10,13-14,20-22,24H2,1-3H3,(H2,36,41)(H,38,45)(H,39,42)(H,40,44). The van der Waals surface area contributed by atoms with Gasteiger partial charge in [0.2, 0.25) is 30.4 Å². The number of hydrogen-bond donors (Lipinski definition) is 4. The van der Waals surface area contributed by atoms with E-state index in [2.05, 4.69) is 27.9 Å². The molecule has 0 aliphatic heterocycles. The third kappa shape index (κ3) is 16.1. The van der Waals surface area contributed by atoms with Crippen LogP contribution in [0.2, 0.25) is 0 Å². The van der Waals surface area contributed by atoms with Crippen LogP contribution >= 0.6 is 0 Å². The van der Waals surface area contributed by atoms with E-state index in [1.165, 1.54) is 0 Å². The summed E-state index contributed by atoms with van der Waals surface area (Å²) in [6, 6.07) is 8.77. The summed E-state index contributed by atoms with van der Waals surface area (Å²) in [4.78, 5) is 66.5. The number of unbranched alkanes of at least 4 members (excludes halogenated alkanes) is 4. The first-order valence-corrected chi connectivity index (χ1v) is 16.5. The number of primary amides is 1. The Morgan fingerprint density at radius 3 is 2.28 bits per heavy atom. The van der Waals surface area contributed by atoms with Gasteiger partial charge in [-0.05, 0) is 54.5 Å². The van der Waals surface area contributed by atoms with Crippen molar-refractivity contribution >= 4 is 29.6 Å². The Kier molecular flexibility index (Phi) is 18.2. The van der Waals surface area contributed by atoms with Crippen molar-refractivity contribution in [2.45, 2.75) is 103 Å². The minimum Gasteiger partial charge on any atom is -0.457 e. The Balaban J connectivity index is 2.01. The fourth-order valence-corrected chi connectivity index (χ4v) is 4.73. The molecule has 0 radical (unpaired) electrons. The molecule has 1 aromatic heterocycles. The highest BCUT2D eigenvalue weighted by Gasteiger charge is 2.30. The van der Waals surface area contributed by atoms with Crippen LogP contribution in [0.5, 0.6) is 5.75 Å². The average molecular weight is 654 g/mol. The first-order chi connectivity index (χ1) is 22.6. The predicted molar refractivity (Wildman–Crippen MR) is 178 cm³/mol. The molecule has 2 rings (SSSR count). The lowest BCUT2D eigenvalue weighted by atomic mass is 9.97. The number of ether oxygens (including phenoxy) is 2. The van der Waals surface area contributed by atoms with Crippen molar-refractivity contribution in [1.82, 2.24) is 20.9 Å². The minimum atomic E-state index is -0.905. The number of hydrogen-bond acceptors (Lipinski definition) is 8. The Hall–Kier alpha value is -4.48. The summed E-state index contributed by atoms with van der Waals surface area (Å²) in [5.41, 5.74) is 6.68. The van der Waals surface area contributed by atoms with Gasteiger partial charge in [0, 0.05) is 38.2 Å². The molecule has 3 atom stereocenters. The molecule has 0 saturated carbocycles. The molecule has 12 nitrogen and oxygen atoms in total. The van der Waals surface area contributed by atoms with Crippen LogP contribution in [0.4, 0.5) is 0 Å². The molecule has 0 aliphatic carbocycles. The highest BCUT2D eigenvalue weighted by Crippen LogP contribution is 2.15. The van der Waals surface area contributed by atoms with Crippen LogP contribution in [0.1, 0.15) is 89.7 Å². The highest BCUT2D eigenvalue weighted by molar-refractivity contribution is 5.92. The van der Waals surface area contributed by atoms with E-state index in [0.29, 0.717) is 50.8 Å². The second kappa shape index (κ2) is 22.1. The maximum Gasteiger partial charge on any atom is 0.313 e. The second-order valence-corrected chi connectivity index (χ2v) is 11.7. The van der Waals surface area contributed by atoms with Crippen LogP contribution in [0.3, 0.4) is 0 Å². The summed E-state index contributed by atoms with van der Waals surface area (Å²) < 4.78 is 10.7. The molecule has 47 heavy (non-hydrogen) atoms. The van der Waals surface area contributed by atoms with Gasteiger partial charge in [-0.25, -0.2) is 0 Å². The molecule has 0 bridgehead atoms. The van der Waals surface area contributed by atoms with Crippen molar-refractivity contribution in [3.05, 3.63) is 59.9 Å². The van der Waals surface area contributed by atoms with E-state index >= 15 is 0 Å². The van der Waals surface area contributed by atoms with Crippen LogP contribution in [0, 0.1) is 5.92 Å². The van der Waals surface area contributed by atoms with E-state index in [-0.39, 0.29) is 43.3 Å². The SMILES string of the molecule is CCCCCC(=O)NC(Cc1ccc(OCOC(=O)Cc2cccnc2)cc1)C(=O)NC(C(=O)NCCCCCC(N)=O)C(C)CC. The summed E-state index contributed by atoms with van der Waals surface area (Å²) in [7, 11) is 0. The topological polar surface area (TPSA) is 179 Å². The maximum absolute atomic E-state index is 13.6. The van der Waals surface area contributed by atoms with Gasteiger partial charge in [0.1, 0.15) is 17.8 Å². The van der Waals surface area contributed by atoms with E-state index in [1.54, 1.807) is 48.8 Å². The summed E-state index contributed by atoms with van der Waals surface area (Å²) in [5, 5.41) is 8.65. The molecule has 3 unspecified atom stereocenters. The summed E-state index contributed by atoms with van der Waals surface area (Å²) >= 11 is 0. The van der Waals surface area contributed by atoms with Crippen molar-refractivity contribution in [2.24, 2.45) is 11.7 Å². The molecule has 0 aliphatic rings. The lowest BCUT2D eigenvalue weighted by Gasteiger charge is -2.26. The zero-order chi connectivity index (χ0) is 34.4. The molecule has 258 valence electrons. The smallest absolute Gasteiger partial charge is 0.313 e. The minimum absolute atomic E-state index is 0.0850. The van der Waals surface area contributed by atoms with E-state index in [1.807, 2.05) is 13.8 Å². The van der Waals surface area contributed by atoms with Gasteiger partial charge in [0.25, 0.3) is 0 Å². The third-order valence-electron chi connectivity index (χ3n) is 7.73. The molecule has 5 N–H and O–H groups in total. The number of nitrogens with zero attached hydrogens (tertiary/aromatic N) is 1. The van der Waals surface area contributed by atoms with Crippen molar-refractivity contribution in [2.75, 3.05) is 13.3 Å². The van der Waals surface area contributed by atoms with Gasteiger partial charge in [-0.1, -0.05) is 64.7 Å². The lowest BCUT2D eigenvalue weighted by Crippen LogP contribution is -2.56. The number of nitrogens with one attached hydrogen (secondary N) is 3. The fourth-order valence-electron chi connectivity index (χ4n) is 4.73. The first-order valence-electron chi connectivity index (χ1n) is 16.5. The number of carbonyl (C=O) groups excluding carboxylic acids is 5. The zero-order valence-corrected chi connectivity index (χ0v) is 27.9. The van der Waals surface area contributed by atoms with E-state index < -0.39 is 24.0 Å². The van der Waals surface area contributed by atoms with Crippen molar-refractivity contribution in [3.8, 4) is 5.75 Å². The van der Waals surface area contributed by atoms with Gasteiger partial charge >= 0.3 is 5.97 Å². The van der Waals surface area contributed by atoms with Crippen molar-refractivity contribution in [1.29, 1.82) is 0 Å². The number of amides is 4. The van der Waals surface area contributed by atoms with Crippen molar-refractivity contribution < 1.29 is 33.4 Å². The quantitative estimate of drug-likeness (QED) is 0.0799. The number of benzene rings is 1. The molecule has 1 aromatic carbocycles. The molecule has 4 amide bonds. The monoisotopic (exact) mass is 653 g/mol. The fraction of sp³-hybridized carbons (Fsp3) is 0.543. The predicted octanol–water partition coefficient (Wildman–Crippen LogP) is 3.50. The summed E-state index contributed by atoms with van der Waals surface area (Å²) in [6.07, 6.45) is 9.45. The van der Waals surface area contributed by atoms with Gasteiger partial charge in [-0.2, -0.15) is 0 Å². The normalized spacial score (nSPS) is 12.7. The van der Waals surface area contributed by atoms with Gasteiger partial charge in [-0.15, -0.1) is 0 Å². The Morgan fingerprint density at radius 2 is 1.62 bits per heavy atom. The van der Waals surface area contributed by atoms with Crippen LogP contribution in [-0.4, -0.2) is 60.0 Å². The van der Waals surface area contributed by atoms with Crippen LogP contribution in [-0.2, 0) is 41.6 Å². The summed E-state index contributed by atoms with van der Waals surface area (Å²) in [6.45, 7) is 6.04. The molecule has 1 heterocycles. The molecular weight excluding hydrogens is 602 g/mol.